The van der Waals surface area contributed by atoms with Crippen LogP contribution in [0.3, 0.4) is 0 Å². The lowest BCUT2D eigenvalue weighted by Crippen LogP contribution is -1.96. The first-order valence-electron chi connectivity index (χ1n) is 6.56. The van der Waals surface area contributed by atoms with Gasteiger partial charge in [-0.1, -0.05) is 43.4 Å². The molecule has 0 unspecified atom stereocenters. The Bertz CT molecular complexity index is 777. The summed E-state index contributed by atoms with van der Waals surface area (Å²) in [6.45, 7) is 6.37. The Morgan fingerprint density at radius 1 is 1.20 bits per heavy atom. The molecule has 0 saturated heterocycles. The van der Waals surface area contributed by atoms with Gasteiger partial charge in [0.2, 0.25) is 5.13 Å². The van der Waals surface area contributed by atoms with Gasteiger partial charge in [-0.2, -0.15) is 0 Å². The number of aromatic nitrogens is 3. The molecule has 0 fully saturated rings. The maximum atomic E-state index is 5.72. The summed E-state index contributed by atoms with van der Waals surface area (Å²) in [6, 6.07) is 8.30. The maximum Gasteiger partial charge on any atom is 0.203 e. The van der Waals surface area contributed by atoms with Crippen molar-refractivity contribution in [2.75, 3.05) is 5.73 Å². The molecule has 0 aliphatic carbocycles. The lowest BCUT2D eigenvalue weighted by Gasteiger charge is -2.11. The molecule has 5 heteroatoms. The predicted octanol–water partition coefficient (Wildman–Crippen LogP) is 3.77. The van der Waals surface area contributed by atoms with Crippen LogP contribution >= 0.6 is 11.3 Å². The van der Waals surface area contributed by atoms with Crippen LogP contribution in [0.25, 0.3) is 21.5 Å². The zero-order valence-corrected chi connectivity index (χ0v) is 12.5. The van der Waals surface area contributed by atoms with Gasteiger partial charge in [-0.25, -0.2) is 0 Å². The molecule has 0 amide bonds. The average Bonchev–Trinajstić information content (AvgIpc) is 2.84. The number of pyridine rings is 1. The van der Waals surface area contributed by atoms with Crippen LogP contribution in [0.5, 0.6) is 0 Å². The fraction of sp³-hybridized carbons (Fsp3) is 0.267. The highest BCUT2D eigenvalue weighted by atomic mass is 32.1. The van der Waals surface area contributed by atoms with E-state index in [1.54, 1.807) is 0 Å². The van der Waals surface area contributed by atoms with Crippen molar-refractivity contribution in [3.05, 3.63) is 35.5 Å². The topological polar surface area (TPSA) is 64.7 Å². The number of nitrogens with two attached hydrogens (primary N) is 1. The van der Waals surface area contributed by atoms with Crippen molar-refractivity contribution in [1.29, 1.82) is 0 Å². The molecular formula is C15H16N4S. The molecule has 102 valence electrons. The first-order chi connectivity index (χ1) is 9.56. The number of para-hydroxylation sites is 1. The van der Waals surface area contributed by atoms with Crippen LogP contribution in [0, 0.1) is 6.92 Å². The minimum absolute atomic E-state index is 0.364. The fourth-order valence-corrected chi connectivity index (χ4v) is 2.87. The number of aryl methyl sites for hydroxylation is 1. The quantitative estimate of drug-likeness (QED) is 0.778. The Balaban J connectivity index is 2.36. The fourth-order valence-electron chi connectivity index (χ4n) is 2.23. The van der Waals surface area contributed by atoms with Crippen LogP contribution in [0.15, 0.2) is 24.3 Å². The number of anilines is 1. The summed E-state index contributed by atoms with van der Waals surface area (Å²) in [5.41, 5.74) is 10.0. The van der Waals surface area contributed by atoms with E-state index in [-0.39, 0.29) is 0 Å². The molecule has 0 aliphatic rings. The van der Waals surface area contributed by atoms with Gasteiger partial charge >= 0.3 is 0 Å². The Kier molecular flexibility index (Phi) is 3.14. The third-order valence-electron chi connectivity index (χ3n) is 3.32. The SMILES string of the molecule is Cc1cccc2c(-c3nnc(N)s3)cc(C(C)C)nc12. The molecule has 1 aromatic carbocycles. The van der Waals surface area contributed by atoms with E-state index in [0.717, 1.165) is 27.2 Å². The van der Waals surface area contributed by atoms with Gasteiger partial charge in [0.15, 0.2) is 0 Å². The molecule has 4 nitrogen and oxygen atoms in total. The van der Waals surface area contributed by atoms with E-state index in [1.807, 2.05) is 6.07 Å². The van der Waals surface area contributed by atoms with Crippen molar-refractivity contribution in [3.8, 4) is 10.6 Å². The molecule has 2 N–H and O–H groups in total. The van der Waals surface area contributed by atoms with E-state index < -0.39 is 0 Å². The first-order valence-corrected chi connectivity index (χ1v) is 7.37. The van der Waals surface area contributed by atoms with E-state index in [2.05, 4.69) is 49.2 Å². The van der Waals surface area contributed by atoms with Crippen LogP contribution in [0.4, 0.5) is 5.13 Å². The van der Waals surface area contributed by atoms with Crippen LogP contribution < -0.4 is 5.73 Å². The van der Waals surface area contributed by atoms with Gasteiger partial charge in [0.1, 0.15) is 5.01 Å². The Morgan fingerprint density at radius 3 is 2.65 bits per heavy atom. The third-order valence-corrected chi connectivity index (χ3v) is 4.11. The number of nitrogens with zero attached hydrogens (tertiary/aromatic N) is 3. The van der Waals surface area contributed by atoms with Crippen LogP contribution in [0.1, 0.15) is 31.0 Å². The second-order valence-electron chi connectivity index (χ2n) is 5.17. The van der Waals surface area contributed by atoms with Crippen molar-refractivity contribution < 1.29 is 0 Å². The van der Waals surface area contributed by atoms with Crippen molar-refractivity contribution >= 4 is 27.4 Å². The summed E-state index contributed by atoms with van der Waals surface area (Å²) in [4.78, 5) is 4.79. The Morgan fingerprint density at radius 2 is 2.00 bits per heavy atom. The summed E-state index contributed by atoms with van der Waals surface area (Å²) >= 11 is 1.41. The molecule has 0 saturated carbocycles. The highest BCUT2D eigenvalue weighted by Gasteiger charge is 2.14. The molecule has 3 aromatic rings. The molecule has 20 heavy (non-hydrogen) atoms. The highest BCUT2D eigenvalue weighted by Crippen LogP contribution is 2.33. The van der Waals surface area contributed by atoms with Gasteiger partial charge in [0.05, 0.1) is 5.52 Å². The van der Waals surface area contributed by atoms with Crippen molar-refractivity contribution in [1.82, 2.24) is 15.2 Å². The lowest BCUT2D eigenvalue weighted by molar-refractivity contribution is 0.830. The van der Waals surface area contributed by atoms with E-state index in [4.69, 9.17) is 10.7 Å². The van der Waals surface area contributed by atoms with Gasteiger partial charge in [-0.15, -0.1) is 10.2 Å². The lowest BCUT2D eigenvalue weighted by atomic mass is 10.0. The van der Waals surface area contributed by atoms with E-state index in [1.165, 1.54) is 16.9 Å². The first kappa shape index (κ1) is 13.0. The van der Waals surface area contributed by atoms with Crippen LogP contribution in [-0.2, 0) is 0 Å². The monoisotopic (exact) mass is 284 g/mol. The molecule has 0 atom stereocenters. The van der Waals surface area contributed by atoms with Gasteiger partial charge in [0, 0.05) is 16.6 Å². The summed E-state index contributed by atoms with van der Waals surface area (Å²) in [5.74, 6) is 0.364. The molecule has 0 aliphatic heterocycles. The second-order valence-corrected chi connectivity index (χ2v) is 6.18. The largest absolute Gasteiger partial charge is 0.374 e. The average molecular weight is 284 g/mol. The maximum absolute atomic E-state index is 5.72. The van der Waals surface area contributed by atoms with Gasteiger partial charge in [-0.05, 0) is 24.5 Å². The molecular weight excluding hydrogens is 268 g/mol. The minimum Gasteiger partial charge on any atom is -0.374 e. The Labute approximate surface area is 121 Å². The van der Waals surface area contributed by atoms with E-state index >= 15 is 0 Å². The number of rotatable bonds is 2. The number of hydrogen-bond donors (Lipinski definition) is 1. The van der Waals surface area contributed by atoms with Crippen molar-refractivity contribution in [2.24, 2.45) is 0 Å². The molecule has 2 aromatic heterocycles. The van der Waals surface area contributed by atoms with Gasteiger partial charge in [-0.3, -0.25) is 4.98 Å². The number of benzene rings is 1. The molecule has 0 bridgehead atoms. The third kappa shape index (κ3) is 2.14. The number of fused-ring (bicyclic) bond motifs is 1. The van der Waals surface area contributed by atoms with Crippen LogP contribution in [0.2, 0.25) is 0 Å². The zero-order chi connectivity index (χ0) is 14.3. The van der Waals surface area contributed by atoms with Gasteiger partial charge < -0.3 is 5.73 Å². The molecule has 3 rings (SSSR count). The van der Waals surface area contributed by atoms with Crippen molar-refractivity contribution in [2.45, 2.75) is 26.7 Å². The standard InChI is InChI=1S/C15H16N4S/c1-8(2)12-7-11(14-18-19-15(16)20-14)10-6-4-5-9(3)13(10)17-12/h4-8H,1-3H3,(H2,16,19). The summed E-state index contributed by atoms with van der Waals surface area (Å²) in [5, 5.41) is 10.5. The highest BCUT2D eigenvalue weighted by molar-refractivity contribution is 7.18. The summed E-state index contributed by atoms with van der Waals surface area (Å²) in [7, 11) is 0. The molecule has 0 spiro atoms. The van der Waals surface area contributed by atoms with Gasteiger partial charge in [0.25, 0.3) is 0 Å². The predicted molar refractivity (Wildman–Crippen MR) is 83.9 cm³/mol. The van der Waals surface area contributed by atoms with Crippen molar-refractivity contribution in [3.63, 3.8) is 0 Å². The number of hydrogen-bond acceptors (Lipinski definition) is 5. The zero-order valence-electron chi connectivity index (χ0n) is 11.7. The minimum atomic E-state index is 0.364. The molecule has 2 heterocycles. The Hall–Kier alpha value is -2.01. The number of nitrogen functional groups attached to an aromatic ring is 1. The summed E-state index contributed by atoms with van der Waals surface area (Å²) < 4.78 is 0. The normalized spacial score (nSPS) is 11.4. The summed E-state index contributed by atoms with van der Waals surface area (Å²) in [6.07, 6.45) is 0. The van der Waals surface area contributed by atoms with Crippen LogP contribution in [-0.4, -0.2) is 15.2 Å². The van der Waals surface area contributed by atoms with E-state index in [0.29, 0.717) is 11.0 Å². The molecule has 0 radical (unpaired) electrons. The second kappa shape index (κ2) is 4.83. The van der Waals surface area contributed by atoms with E-state index in [9.17, 15) is 0 Å². The smallest absolute Gasteiger partial charge is 0.203 e.